The number of aliphatic hydroxyl groups is 1. The van der Waals surface area contributed by atoms with Gasteiger partial charge in [-0.2, -0.15) is 0 Å². The van der Waals surface area contributed by atoms with Crippen LogP contribution in [0.4, 0.5) is 0 Å². The van der Waals surface area contributed by atoms with Crippen LogP contribution < -0.4 is 0 Å². The van der Waals surface area contributed by atoms with Crippen LogP contribution in [0.2, 0.25) is 0 Å². The molecule has 1 aliphatic rings. The Kier molecular flexibility index (Phi) is 6.53. The van der Waals surface area contributed by atoms with E-state index in [0.29, 0.717) is 17.7 Å². The van der Waals surface area contributed by atoms with E-state index in [0.717, 1.165) is 32.2 Å². The predicted octanol–water partition coefficient (Wildman–Crippen LogP) is 3.98. The highest BCUT2D eigenvalue weighted by molar-refractivity contribution is 5.85. The molecule has 0 aliphatic heterocycles. The minimum absolute atomic E-state index is 0.0360. The van der Waals surface area contributed by atoms with E-state index in [2.05, 4.69) is 19.0 Å². The number of hydrogen-bond donors (Lipinski definition) is 1. The van der Waals surface area contributed by atoms with Crippen molar-refractivity contribution in [2.45, 2.75) is 37.7 Å². The minimum Gasteiger partial charge on any atom is -0.462 e. The third-order valence-corrected chi connectivity index (χ3v) is 5.75. The lowest BCUT2D eigenvalue weighted by Gasteiger charge is -2.39. The number of benzene rings is 2. The lowest BCUT2D eigenvalue weighted by molar-refractivity contribution is -0.167. The number of hydrogen-bond acceptors (Lipinski definition) is 4. The number of rotatable bonds is 7. The number of ether oxygens (including phenoxy) is 1. The molecule has 2 aromatic carbocycles. The molecule has 0 unspecified atom stereocenters. The SMILES string of the molecule is CN(C)CC1(COC(=O)C(O)(c2ccccc2)c2ccccc2)CCCCC1. The lowest BCUT2D eigenvalue weighted by Crippen LogP contribution is -2.44. The first kappa shape index (κ1) is 20.6. The first-order chi connectivity index (χ1) is 13.5. The summed E-state index contributed by atoms with van der Waals surface area (Å²) in [7, 11) is 4.12. The van der Waals surface area contributed by atoms with E-state index < -0.39 is 11.6 Å². The Morgan fingerprint density at radius 1 is 0.964 bits per heavy atom. The number of carbonyl (C=O) groups is 1. The monoisotopic (exact) mass is 381 g/mol. The quantitative estimate of drug-likeness (QED) is 0.737. The van der Waals surface area contributed by atoms with Crippen molar-refractivity contribution in [3.8, 4) is 0 Å². The topological polar surface area (TPSA) is 49.8 Å². The third kappa shape index (κ3) is 4.45. The summed E-state index contributed by atoms with van der Waals surface area (Å²) in [5.74, 6) is -0.603. The van der Waals surface area contributed by atoms with Crippen molar-refractivity contribution in [2.24, 2.45) is 5.41 Å². The van der Waals surface area contributed by atoms with E-state index in [-0.39, 0.29) is 5.41 Å². The van der Waals surface area contributed by atoms with E-state index in [1.807, 2.05) is 36.4 Å². The van der Waals surface area contributed by atoms with E-state index >= 15 is 0 Å². The van der Waals surface area contributed by atoms with Crippen molar-refractivity contribution in [3.63, 3.8) is 0 Å². The molecule has 4 heteroatoms. The molecule has 3 rings (SSSR count). The Morgan fingerprint density at radius 2 is 1.46 bits per heavy atom. The number of nitrogens with zero attached hydrogens (tertiary/aromatic N) is 1. The van der Waals surface area contributed by atoms with Crippen LogP contribution in [0.1, 0.15) is 43.2 Å². The standard InChI is InChI=1S/C24H31NO3/c1-25(2)18-23(16-10-5-11-17-23)19-28-22(26)24(27,20-12-6-3-7-13-20)21-14-8-4-9-15-21/h3-4,6-9,12-15,27H,5,10-11,16-19H2,1-2H3. The molecule has 1 saturated carbocycles. The van der Waals surface area contributed by atoms with Gasteiger partial charge in [-0.15, -0.1) is 0 Å². The van der Waals surface area contributed by atoms with Crippen molar-refractivity contribution >= 4 is 5.97 Å². The second kappa shape index (κ2) is 8.89. The van der Waals surface area contributed by atoms with Crippen LogP contribution in [0, 0.1) is 5.41 Å². The third-order valence-electron chi connectivity index (χ3n) is 5.75. The van der Waals surface area contributed by atoms with Gasteiger partial charge in [-0.3, -0.25) is 0 Å². The van der Waals surface area contributed by atoms with Crippen molar-refractivity contribution in [3.05, 3.63) is 71.8 Å². The van der Waals surface area contributed by atoms with Crippen LogP contribution in [0.5, 0.6) is 0 Å². The van der Waals surface area contributed by atoms with Crippen LogP contribution in [0.3, 0.4) is 0 Å². The Bertz CT molecular complexity index is 712. The molecular formula is C24H31NO3. The van der Waals surface area contributed by atoms with Gasteiger partial charge in [0, 0.05) is 12.0 Å². The van der Waals surface area contributed by atoms with Crippen LogP contribution in [-0.4, -0.2) is 43.2 Å². The van der Waals surface area contributed by atoms with Crippen LogP contribution in [0.25, 0.3) is 0 Å². The first-order valence-corrected chi connectivity index (χ1v) is 10.1. The van der Waals surface area contributed by atoms with Crippen LogP contribution >= 0.6 is 0 Å². The summed E-state index contributed by atoms with van der Waals surface area (Å²) in [6.07, 6.45) is 5.66. The molecular weight excluding hydrogens is 350 g/mol. The number of esters is 1. The first-order valence-electron chi connectivity index (χ1n) is 10.1. The molecule has 0 amide bonds. The van der Waals surface area contributed by atoms with Crippen molar-refractivity contribution in [1.29, 1.82) is 0 Å². The Labute approximate surface area is 168 Å². The average Bonchev–Trinajstić information content (AvgIpc) is 2.73. The van der Waals surface area contributed by atoms with Gasteiger partial charge < -0.3 is 14.7 Å². The Hall–Kier alpha value is -2.17. The highest BCUT2D eigenvalue weighted by Crippen LogP contribution is 2.38. The zero-order valence-electron chi connectivity index (χ0n) is 16.9. The molecule has 0 bridgehead atoms. The zero-order valence-corrected chi connectivity index (χ0v) is 16.9. The average molecular weight is 382 g/mol. The van der Waals surface area contributed by atoms with Gasteiger partial charge in [0.25, 0.3) is 0 Å². The molecule has 1 aliphatic carbocycles. The smallest absolute Gasteiger partial charge is 0.347 e. The van der Waals surface area contributed by atoms with Crippen LogP contribution in [-0.2, 0) is 15.1 Å². The molecule has 0 saturated heterocycles. The van der Waals surface area contributed by atoms with Gasteiger partial charge in [0.15, 0.2) is 0 Å². The fourth-order valence-electron chi connectivity index (χ4n) is 4.40. The maximum atomic E-state index is 13.3. The molecule has 4 nitrogen and oxygen atoms in total. The van der Waals surface area contributed by atoms with Crippen LogP contribution in [0.15, 0.2) is 60.7 Å². The van der Waals surface area contributed by atoms with E-state index in [1.165, 1.54) is 6.42 Å². The number of carbonyl (C=O) groups excluding carboxylic acids is 1. The van der Waals surface area contributed by atoms with Gasteiger partial charge in [0.2, 0.25) is 5.60 Å². The fourth-order valence-corrected chi connectivity index (χ4v) is 4.40. The van der Waals surface area contributed by atoms with Crippen molar-refractivity contribution in [1.82, 2.24) is 4.90 Å². The molecule has 0 aromatic heterocycles. The van der Waals surface area contributed by atoms with Gasteiger partial charge in [0.05, 0.1) is 6.61 Å². The normalized spacial score (nSPS) is 16.7. The molecule has 0 heterocycles. The summed E-state index contributed by atoms with van der Waals surface area (Å²) in [5, 5.41) is 11.5. The van der Waals surface area contributed by atoms with Crippen molar-refractivity contribution < 1.29 is 14.6 Å². The molecule has 1 fully saturated rings. The summed E-state index contributed by atoms with van der Waals surface area (Å²) < 4.78 is 5.84. The molecule has 0 spiro atoms. The maximum Gasteiger partial charge on any atom is 0.347 e. The van der Waals surface area contributed by atoms with E-state index in [4.69, 9.17) is 4.74 Å². The molecule has 150 valence electrons. The lowest BCUT2D eigenvalue weighted by atomic mass is 9.74. The summed E-state index contributed by atoms with van der Waals surface area (Å²) >= 11 is 0. The summed E-state index contributed by atoms with van der Waals surface area (Å²) in [4.78, 5) is 15.4. The second-order valence-electron chi connectivity index (χ2n) is 8.32. The predicted molar refractivity (Wildman–Crippen MR) is 111 cm³/mol. The minimum atomic E-state index is -1.81. The molecule has 2 aromatic rings. The summed E-state index contributed by atoms with van der Waals surface area (Å²) in [5.41, 5.74) is -0.796. The Balaban J connectivity index is 1.86. The van der Waals surface area contributed by atoms with Gasteiger partial charge in [-0.25, -0.2) is 4.79 Å². The second-order valence-corrected chi connectivity index (χ2v) is 8.32. The molecule has 28 heavy (non-hydrogen) atoms. The van der Waals surface area contributed by atoms with E-state index in [9.17, 15) is 9.90 Å². The van der Waals surface area contributed by atoms with Gasteiger partial charge in [-0.1, -0.05) is 79.9 Å². The fraction of sp³-hybridized carbons (Fsp3) is 0.458. The van der Waals surface area contributed by atoms with Gasteiger partial charge in [0.1, 0.15) is 0 Å². The van der Waals surface area contributed by atoms with E-state index in [1.54, 1.807) is 24.3 Å². The maximum absolute atomic E-state index is 13.3. The van der Waals surface area contributed by atoms with Gasteiger partial charge >= 0.3 is 5.97 Å². The summed E-state index contributed by atoms with van der Waals surface area (Å²) in [6.45, 7) is 1.22. The highest BCUT2D eigenvalue weighted by Gasteiger charge is 2.43. The zero-order chi connectivity index (χ0) is 20.0. The highest BCUT2D eigenvalue weighted by atomic mass is 16.6. The largest absolute Gasteiger partial charge is 0.462 e. The molecule has 1 N–H and O–H groups in total. The van der Waals surface area contributed by atoms with Crippen molar-refractivity contribution in [2.75, 3.05) is 27.2 Å². The molecule has 0 atom stereocenters. The summed E-state index contributed by atoms with van der Waals surface area (Å²) in [6, 6.07) is 18.1. The molecule has 0 radical (unpaired) electrons. The Morgan fingerprint density at radius 3 is 1.93 bits per heavy atom. The van der Waals surface area contributed by atoms with Gasteiger partial charge in [-0.05, 0) is 38.1 Å².